The Morgan fingerprint density at radius 3 is 3.00 bits per heavy atom. The second kappa shape index (κ2) is 3.96. The van der Waals surface area contributed by atoms with E-state index in [1.807, 2.05) is 0 Å². The molecule has 0 saturated heterocycles. The molecule has 1 aliphatic rings. The first-order valence-corrected chi connectivity index (χ1v) is 4.87. The van der Waals surface area contributed by atoms with Gasteiger partial charge in [-0.05, 0) is 31.4 Å². The first kappa shape index (κ1) is 8.85. The Kier molecular flexibility index (Phi) is 3.18. The summed E-state index contributed by atoms with van der Waals surface area (Å²) in [6, 6.07) is 0. The number of rotatable bonds is 2. The standard InChI is InChI=1S/C9H13BrO/c1-7-3-8(6-10)5-9(4-7)11-2/h4-5,8H,3,6H2,1-2H3. The largest absolute Gasteiger partial charge is 0.497 e. The minimum absolute atomic E-state index is 0.606. The van der Waals surface area contributed by atoms with Gasteiger partial charge in [-0.15, -0.1) is 0 Å². The quantitative estimate of drug-likeness (QED) is 0.646. The van der Waals surface area contributed by atoms with Crippen LogP contribution in [0.5, 0.6) is 0 Å². The highest BCUT2D eigenvalue weighted by Gasteiger charge is 2.11. The van der Waals surface area contributed by atoms with Gasteiger partial charge in [0.25, 0.3) is 0 Å². The van der Waals surface area contributed by atoms with Gasteiger partial charge in [-0.1, -0.05) is 21.5 Å². The van der Waals surface area contributed by atoms with E-state index in [2.05, 4.69) is 35.0 Å². The van der Waals surface area contributed by atoms with Crippen molar-refractivity contribution in [3.05, 3.63) is 23.5 Å². The van der Waals surface area contributed by atoms with E-state index in [4.69, 9.17) is 4.74 Å². The number of alkyl halides is 1. The summed E-state index contributed by atoms with van der Waals surface area (Å²) >= 11 is 3.47. The molecule has 0 heterocycles. The Balaban J connectivity index is 2.69. The average Bonchev–Trinajstić information content (AvgIpc) is 2.03. The zero-order valence-electron chi connectivity index (χ0n) is 6.93. The van der Waals surface area contributed by atoms with Crippen LogP contribution >= 0.6 is 15.9 Å². The average molecular weight is 217 g/mol. The second-order valence-corrected chi connectivity index (χ2v) is 3.53. The van der Waals surface area contributed by atoms with Gasteiger partial charge in [0.1, 0.15) is 5.76 Å². The number of hydrogen-bond acceptors (Lipinski definition) is 1. The van der Waals surface area contributed by atoms with E-state index in [9.17, 15) is 0 Å². The summed E-state index contributed by atoms with van der Waals surface area (Å²) in [6.45, 7) is 2.14. The van der Waals surface area contributed by atoms with Crippen molar-refractivity contribution >= 4 is 15.9 Å². The van der Waals surface area contributed by atoms with Gasteiger partial charge in [0.2, 0.25) is 0 Å². The number of methoxy groups -OCH3 is 1. The first-order chi connectivity index (χ1) is 5.26. The van der Waals surface area contributed by atoms with Crippen LogP contribution in [0.1, 0.15) is 13.3 Å². The maximum Gasteiger partial charge on any atom is 0.115 e. The van der Waals surface area contributed by atoms with Crippen LogP contribution in [-0.4, -0.2) is 12.4 Å². The third-order valence-electron chi connectivity index (χ3n) is 1.81. The molecule has 1 atom stereocenters. The molecule has 0 fully saturated rings. The number of hydrogen-bond donors (Lipinski definition) is 0. The Morgan fingerprint density at radius 2 is 2.45 bits per heavy atom. The van der Waals surface area contributed by atoms with E-state index in [0.29, 0.717) is 5.92 Å². The summed E-state index contributed by atoms with van der Waals surface area (Å²) in [4.78, 5) is 0. The molecule has 0 N–H and O–H groups in total. The smallest absolute Gasteiger partial charge is 0.115 e. The van der Waals surface area contributed by atoms with Crippen molar-refractivity contribution in [3.63, 3.8) is 0 Å². The van der Waals surface area contributed by atoms with Gasteiger partial charge in [-0.25, -0.2) is 0 Å². The van der Waals surface area contributed by atoms with E-state index in [0.717, 1.165) is 17.5 Å². The van der Waals surface area contributed by atoms with Crippen LogP contribution in [0.25, 0.3) is 0 Å². The lowest BCUT2D eigenvalue weighted by molar-refractivity contribution is 0.299. The molecule has 1 aliphatic carbocycles. The monoisotopic (exact) mass is 216 g/mol. The molecule has 0 spiro atoms. The van der Waals surface area contributed by atoms with Gasteiger partial charge in [0.05, 0.1) is 7.11 Å². The highest BCUT2D eigenvalue weighted by molar-refractivity contribution is 9.09. The topological polar surface area (TPSA) is 9.23 Å². The maximum absolute atomic E-state index is 5.16. The maximum atomic E-state index is 5.16. The lowest BCUT2D eigenvalue weighted by atomic mass is 9.96. The molecule has 2 heteroatoms. The molecule has 0 aliphatic heterocycles. The molecular formula is C9H13BrO. The summed E-state index contributed by atoms with van der Waals surface area (Å²) in [7, 11) is 1.71. The molecular weight excluding hydrogens is 204 g/mol. The third-order valence-corrected chi connectivity index (χ3v) is 2.64. The second-order valence-electron chi connectivity index (χ2n) is 2.88. The van der Waals surface area contributed by atoms with Crippen LogP contribution in [0, 0.1) is 5.92 Å². The van der Waals surface area contributed by atoms with Crippen LogP contribution in [0.15, 0.2) is 23.5 Å². The number of allylic oxidation sites excluding steroid dienone is 3. The Hall–Kier alpha value is -0.240. The molecule has 1 nitrogen and oxygen atoms in total. The van der Waals surface area contributed by atoms with Crippen LogP contribution in [0.4, 0.5) is 0 Å². The van der Waals surface area contributed by atoms with Crippen molar-refractivity contribution in [3.8, 4) is 0 Å². The molecule has 0 radical (unpaired) electrons. The van der Waals surface area contributed by atoms with E-state index in [1.54, 1.807) is 7.11 Å². The molecule has 1 rings (SSSR count). The summed E-state index contributed by atoms with van der Waals surface area (Å²) in [5, 5.41) is 1.02. The molecule has 0 amide bonds. The van der Waals surface area contributed by atoms with E-state index < -0.39 is 0 Å². The SMILES string of the molecule is COC1=CC(CBr)CC(C)=C1. The van der Waals surface area contributed by atoms with E-state index in [1.165, 1.54) is 5.57 Å². The Labute approximate surface area is 76.3 Å². The van der Waals surface area contributed by atoms with Gasteiger partial charge >= 0.3 is 0 Å². The zero-order valence-corrected chi connectivity index (χ0v) is 8.52. The van der Waals surface area contributed by atoms with Crippen molar-refractivity contribution in [1.29, 1.82) is 0 Å². The lowest BCUT2D eigenvalue weighted by Gasteiger charge is -2.16. The minimum atomic E-state index is 0.606. The molecule has 0 aromatic heterocycles. The predicted octanol–water partition coefficient (Wildman–Crippen LogP) is 2.88. The van der Waals surface area contributed by atoms with E-state index >= 15 is 0 Å². The fourth-order valence-corrected chi connectivity index (χ4v) is 1.70. The Bertz CT molecular complexity index is 194. The molecule has 0 aromatic rings. The lowest BCUT2D eigenvalue weighted by Crippen LogP contribution is -2.05. The van der Waals surface area contributed by atoms with Crippen LogP contribution < -0.4 is 0 Å². The summed E-state index contributed by atoms with van der Waals surface area (Å²) in [5.74, 6) is 1.60. The predicted molar refractivity (Wildman–Crippen MR) is 50.8 cm³/mol. The molecule has 11 heavy (non-hydrogen) atoms. The molecule has 0 bridgehead atoms. The van der Waals surface area contributed by atoms with E-state index in [-0.39, 0.29) is 0 Å². The molecule has 0 aromatic carbocycles. The van der Waals surface area contributed by atoms with Gasteiger partial charge in [0, 0.05) is 5.33 Å². The van der Waals surface area contributed by atoms with Crippen LogP contribution in [0.3, 0.4) is 0 Å². The van der Waals surface area contributed by atoms with Crippen molar-refractivity contribution in [2.75, 3.05) is 12.4 Å². The fourth-order valence-electron chi connectivity index (χ4n) is 1.28. The molecule has 62 valence electrons. The van der Waals surface area contributed by atoms with Crippen molar-refractivity contribution in [2.45, 2.75) is 13.3 Å². The van der Waals surface area contributed by atoms with Crippen molar-refractivity contribution < 1.29 is 4.74 Å². The Morgan fingerprint density at radius 1 is 1.73 bits per heavy atom. The normalized spacial score (nSPS) is 24.1. The van der Waals surface area contributed by atoms with Gasteiger partial charge in [-0.2, -0.15) is 0 Å². The van der Waals surface area contributed by atoms with Crippen LogP contribution in [0.2, 0.25) is 0 Å². The third kappa shape index (κ3) is 2.37. The first-order valence-electron chi connectivity index (χ1n) is 3.75. The highest BCUT2D eigenvalue weighted by Crippen LogP contribution is 2.23. The zero-order chi connectivity index (χ0) is 8.27. The summed E-state index contributed by atoms with van der Waals surface area (Å²) < 4.78 is 5.16. The molecule has 0 saturated carbocycles. The summed E-state index contributed by atoms with van der Waals surface area (Å²) in [5.41, 5.74) is 1.40. The van der Waals surface area contributed by atoms with Crippen molar-refractivity contribution in [1.82, 2.24) is 0 Å². The fraction of sp³-hybridized carbons (Fsp3) is 0.556. The van der Waals surface area contributed by atoms with Gasteiger partial charge in [0.15, 0.2) is 0 Å². The molecule has 1 unspecified atom stereocenters. The summed E-state index contributed by atoms with van der Waals surface area (Å²) in [6.07, 6.45) is 5.42. The minimum Gasteiger partial charge on any atom is -0.497 e. The number of halogens is 1. The highest BCUT2D eigenvalue weighted by atomic mass is 79.9. The van der Waals surface area contributed by atoms with Gasteiger partial charge < -0.3 is 4.74 Å². The van der Waals surface area contributed by atoms with Crippen LogP contribution in [-0.2, 0) is 4.74 Å². The van der Waals surface area contributed by atoms with Crippen molar-refractivity contribution in [2.24, 2.45) is 5.92 Å². The number of ether oxygens (including phenoxy) is 1. The van der Waals surface area contributed by atoms with Gasteiger partial charge in [-0.3, -0.25) is 0 Å².